The van der Waals surface area contributed by atoms with E-state index in [0.29, 0.717) is 46.5 Å². The van der Waals surface area contributed by atoms with Gasteiger partial charge < -0.3 is 14.8 Å². The van der Waals surface area contributed by atoms with Crippen molar-refractivity contribution in [3.8, 4) is 17.2 Å². The monoisotopic (exact) mass is 465 g/mol. The number of anilines is 1. The van der Waals surface area contributed by atoms with Crippen molar-refractivity contribution in [3.63, 3.8) is 0 Å². The minimum absolute atomic E-state index is 0.0658. The van der Waals surface area contributed by atoms with Crippen molar-refractivity contribution in [2.24, 2.45) is 0 Å². The lowest BCUT2D eigenvalue weighted by molar-refractivity contribution is -0.113. The number of nitrogens with one attached hydrogen (secondary N) is 2. The van der Waals surface area contributed by atoms with Crippen LogP contribution in [0.4, 0.5) is 5.69 Å². The van der Waals surface area contributed by atoms with Gasteiger partial charge in [-0.2, -0.15) is 5.10 Å². The van der Waals surface area contributed by atoms with Crippen LogP contribution in [0.5, 0.6) is 11.5 Å². The molecule has 2 aromatic carbocycles. The first-order valence-corrected chi connectivity index (χ1v) is 11.4. The number of benzene rings is 2. The molecule has 0 fully saturated rings. The SMILES string of the molecule is CCOc1ccc(NC(=O)CSc2nc3[nH]ncc3c(=O)n2-c2ccc(OCC)cc2)cc1. The summed E-state index contributed by atoms with van der Waals surface area (Å²) in [6.07, 6.45) is 1.45. The third-order valence-corrected chi connectivity index (χ3v) is 5.58. The van der Waals surface area contributed by atoms with E-state index in [9.17, 15) is 9.59 Å². The maximum atomic E-state index is 13.1. The number of hydrogen-bond donors (Lipinski definition) is 2. The predicted octanol–water partition coefficient (Wildman–Crippen LogP) is 3.64. The normalized spacial score (nSPS) is 10.8. The van der Waals surface area contributed by atoms with Crippen LogP contribution in [0.1, 0.15) is 13.8 Å². The number of hydrogen-bond acceptors (Lipinski definition) is 7. The first-order valence-electron chi connectivity index (χ1n) is 10.4. The number of rotatable bonds is 9. The van der Waals surface area contributed by atoms with Gasteiger partial charge in [-0.15, -0.1) is 0 Å². The molecule has 0 radical (unpaired) electrons. The molecule has 33 heavy (non-hydrogen) atoms. The molecule has 4 rings (SSSR count). The number of carbonyl (C=O) groups excluding carboxylic acids is 1. The van der Waals surface area contributed by atoms with Gasteiger partial charge in [-0.05, 0) is 62.4 Å². The van der Waals surface area contributed by atoms with Gasteiger partial charge in [0.25, 0.3) is 5.56 Å². The second kappa shape index (κ2) is 10.2. The van der Waals surface area contributed by atoms with Crippen molar-refractivity contribution in [3.05, 3.63) is 65.1 Å². The Morgan fingerprint density at radius 2 is 1.67 bits per heavy atom. The Balaban J connectivity index is 1.55. The fourth-order valence-corrected chi connectivity index (χ4v) is 3.99. The van der Waals surface area contributed by atoms with Crippen molar-refractivity contribution in [2.45, 2.75) is 19.0 Å². The number of ether oxygens (including phenoxy) is 2. The van der Waals surface area contributed by atoms with Gasteiger partial charge in [-0.1, -0.05) is 11.8 Å². The van der Waals surface area contributed by atoms with Crippen LogP contribution in [0.2, 0.25) is 0 Å². The van der Waals surface area contributed by atoms with E-state index >= 15 is 0 Å². The summed E-state index contributed by atoms with van der Waals surface area (Å²) in [4.78, 5) is 30.2. The first kappa shape index (κ1) is 22.4. The average molecular weight is 466 g/mol. The molecular weight excluding hydrogens is 442 g/mol. The summed E-state index contributed by atoms with van der Waals surface area (Å²) in [5, 5.41) is 10.2. The van der Waals surface area contributed by atoms with Crippen molar-refractivity contribution < 1.29 is 14.3 Å². The molecule has 0 atom stereocenters. The largest absolute Gasteiger partial charge is 0.494 e. The second-order valence-corrected chi connectivity index (χ2v) is 7.83. The van der Waals surface area contributed by atoms with E-state index in [4.69, 9.17) is 9.47 Å². The number of H-pyrrole nitrogens is 1. The fraction of sp³-hybridized carbons (Fsp3) is 0.217. The topological polar surface area (TPSA) is 111 Å². The van der Waals surface area contributed by atoms with Crippen LogP contribution in [0.3, 0.4) is 0 Å². The molecule has 2 heterocycles. The lowest BCUT2D eigenvalue weighted by atomic mass is 10.3. The highest BCUT2D eigenvalue weighted by atomic mass is 32.2. The highest BCUT2D eigenvalue weighted by Crippen LogP contribution is 2.23. The van der Waals surface area contributed by atoms with Gasteiger partial charge in [-0.25, -0.2) is 4.98 Å². The molecular formula is C23H23N5O4S. The number of fused-ring (bicyclic) bond motifs is 1. The van der Waals surface area contributed by atoms with Crippen molar-refractivity contribution in [1.29, 1.82) is 0 Å². The van der Waals surface area contributed by atoms with Crippen molar-refractivity contribution in [1.82, 2.24) is 19.7 Å². The first-order chi connectivity index (χ1) is 16.1. The zero-order valence-electron chi connectivity index (χ0n) is 18.2. The Kier molecular flexibility index (Phi) is 6.94. The molecule has 0 aliphatic heterocycles. The summed E-state index contributed by atoms with van der Waals surface area (Å²) in [6.45, 7) is 4.94. The second-order valence-electron chi connectivity index (χ2n) is 6.89. The summed E-state index contributed by atoms with van der Waals surface area (Å²) in [5.74, 6) is 1.29. The predicted molar refractivity (Wildman–Crippen MR) is 128 cm³/mol. The summed E-state index contributed by atoms with van der Waals surface area (Å²) in [6, 6.07) is 14.3. The molecule has 170 valence electrons. The van der Waals surface area contributed by atoms with E-state index in [0.717, 1.165) is 17.5 Å². The highest BCUT2D eigenvalue weighted by Gasteiger charge is 2.16. The van der Waals surface area contributed by atoms with Crippen LogP contribution < -0.4 is 20.3 Å². The lowest BCUT2D eigenvalue weighted by Crippen LogP contribution is -2.22. The molecule has 0 saturated carbocycles. The average Bonchev–Trinajstić information content (AvgIpc) is 3.29. The maximum absolute atomic E-state index is 13.1. The Labute approximate surface area is 194 Å². The fourth-order valence-electron chi connectivity index (χ4n) is 3.18. The molecule has 4 aromatic rings. The molecule has 1 amide bonds. The molecule has 0 aliphatic carbocycles. The van der Waals surface area contributed by atoms with E-state index < -0.39 is 0 Å². The van der Waals surface area contributed by atoms with E-state index in [1.807, 2.05) is 13.8 Å². The number of aromatic amines is 1. The number of thioether (sulfide) groups is 1. The third-order valence-electron chi connectivity index (χ3n) is 4.64. The molecule has 0 unspecified atom stereocenters. The molecule has 0 bridgehead atoms. The van der Waals surface area contributed by atoms with Crippen molar-refractivity contribution >= 4 is 34.4 Å². The Morgan fingerprint density at radius 3 is 2.30 bits per heavy atom. The number of aromatic nitrogens is 4. The van der Waals surface area contributed by atoms with E-state index in [1.165, 1.54) is 10.8 Å². The molecule has 10 heteroatoms. The third kappa shape index (κ3) is 5.17. The molecule has 0 aliphatic rings. The van der Waals surface area contributed by atoms with Crippen LogP contribution in [-0.2, 0) is 4.79 Å². The smallest absolute Gasteiger partial charge is 0.269 e. The lowest BCUT2D eigenvalue weighted by Gasteiger charge is -2.13. The van der Waals surface area contributed by atoms with Gasteiger partial charge in [0, 0.05) is 5.69 Å². The van der Waals surface area contributed by atoms with Gasteiger partial charge in [0.05, 0.1) is 30.9 Å². The van der Waals surface area contributed by atoms with Crippen LogP contribution in [0.25, 0.3) is 16.7 Å². The summed E-state index contributed by atoms with van der Waals surface area (Å²) >= 11 is 1.16. The Bertz CT molecular complexity index is 1300. The number of carbonyl (C=O) groups is 1. The summed E-state index contributed by atoms with van der Waals surface area (Å²) < 4.78 is 12.4. The minimum atomic E-state index is -0.271. The quantitative estimate of drug-likeness (QED) is 0.287. The maximum Gasteiger partial charge on any atom is 0.269 e. The molecule has 9 nitrogen and oxygen atoms in total. The van der Waals surface area contributed by atoms with Gasteiger partial charge >= 0.3 is 0 Å². The standard InChI is InChI=1S/C23H23N5O4S/c1-3-31-17-9-5-15(6-10-17)25-20(29)14-33-23-26-21-19(13-24-27-21)22(30)28(23)16-7-11-18(12-8-16)32-4-2/h5-13H,3-4,14H2,1-2H3,(H,24,27)(H,25,29). The van der Waals surface area contributed by atoms with E-state index in [2.05, 4.69) is 20.5 Å². The minimum Gasteiger partial charge on any atom is -0.494 e. The summed E-state index contributed by atoms with van der Waals surface area (Å²) in [7, 11) is 0. The van der Waals surface area contributed by atoms with Gasteiger partial charge in [0.15, 0.2) is 10.8 Å². The Morgan fingerprint density at radius 1 is 1.03 bits per heavy atom. The van der Waals surface area contributed by atoms with E-state index in [1.54, 1.807) is 48.5 Å². The van der Waals surface area contributed by atoms with Gasteiger partial charge in [0.2, 0.25) is 5.91 Å². The molecule has 0 saturated heterocycles. The van der Waals surface area contributed by atoms with Crippen molar-refractivity contribution in [2.75, 3.05) is 24.3 Å². The number of amides is 1. The van der Waals surface area contributed by atoms with Crippen LogP contribution in [-0.4, -0.2) is 44.6 Å². The Hall–Kier alpha value is -3.79. The van der Waals surface area contributed by atoms with Crippen LogP contribution in [0.15, 0.2) is 64.7 Å². The van der Waals surface area contributed by atoms with Crippen LogP contribution in [0, 0.1) is 0 Å². The molecule has 2 aromatic heterocycles. The zero-order chi connectivity index (χ0) is 23.2. The summed E-state index contributed by atoms with van der Waals surface area (Å²) in [5.41, 5.74) is 1.38. The zero-order valence-corrected chi connectivity index (χ0v) is 19.0. The van der Waals surface area contributed by atoms with Crippen LogP contribution >= 0.6 is 11.8 Å². The van der Waals surface area contributed by atoms with Gasteiger partial charge in [0.1, 0.15) is 16.9 Å². The molecule has 2 N–H and O–H groups in total. The van der Waals surface area contributed by atoms with Gasteiger partial charge in [-0.3, -0.25) is 19.3 Å². The molecule has 0 spiro atoms. The highest BCUT2D eigenvalue weighted by molar-refractivity contribution is 7.99. The number of nitrogens with zero attached hydrogens (tertiary/aromatic N) is 3. The van der Waals surface area contributed by atoms with E-state index in [-0.39, 0.29) is 17.2 Å².